The van der Waals surface area contributed by atoms with E-state index in [0.717, 1.165) is 37.5 Å². The Morgan fingerprint density at radius 2 is 1.88 bits per heavy atom. The third-order valence-electron chi connectivity index (χ3n) is 4.81. The lowest BCUT2D eigenvalue weighted by atomic mass is 10.00. The van der Waals surface area contributed by atoms with E-state index in [0.29, 0.717) is 6.04 Å². The molecule has 0 atom stereocenters. The van der Waals surface area contributed by atoms with E-state index in [9.17, 15) is 4.79 Å². The molecule has 1 saturated heterocycles. The highest BCUT2D eigenvalue weighted by atomic mass is 35.5. The molecule has 0 radical (unpaired) electrons. The number of carbonyl (C=O) groups excluding carboxylic acids is 1. The summed E-state index contributed by atoms with van der Waals surface area (Å²) in [4.78, 5) is 16.5. The minimum Gasteiger partial charge on any atom is -0.444 e. The van der Waals surface area contributed by atoms with E-state index in [1.54, 1.807) is 0 Å². The maximum absolute atomic E-state index is 12.2. The topological polar surface area (TPSA) is 32.8 Å². The third kappa shape index (κ3) is 5.04. The van der Waals surface area contributed by atoms with Crippen molar-refractivity contribution in [2.24, 2.45) is 0 Å². The molecule has 0 aromatic heterocycles. The zero-order valence-electron chi connectivity index (χ0n) is 16.4. The minimum atomic E-state index is -0.446. The Kier molecular flexibility index (Phi) is 6.26. The van der Waals surface area contributed by atoms with Gasteiger partial charge in [-0.2, -0.15) is 0 Å². The second kappa shape index (κ2) is 7.86. The number of hydrogen-bond acceptors (Lipinski definition) is 3. The van der Waals surface area contributed by atoms with Gasteiger partial charge in [0.15, 0.2) is 0 Å². The van der Waals surface area contributed by atoms with Crippen molar-refractivity contribution in [3.8, 4) is 0 Å². The molecular weight excluding hydrogens is 336 g/mol. The van der Waals surface area contributed by atoms with Crippen molar-refractivity contribution in [2.45, 2.75) is 66.0 Å². The molecule has 1 aromatic carbocycles. The molecule has 2 rings (SSSR count). The maximum Gasteiger partial charge on any atom is 0.410 e. The summed E-state index contributed by atoms with van der Waals surface area (Å²) in [7, 11) is 0. The number of carbonyl (C=O) groups is 1. The molecule has 1 amide bonds. The van der Waals surface area contributed by atoms with Gasteiger partial charge in [-0.05, 0) is 77.6 Å². The average molecular weight is 367 g/mol. The summed E-state index contributed by atoms with van der Waals surface area (Å²) in [6, 6.07) is 4.49. The van der Waals surface area contributed by atoms with Crippen LogP contribution >= 0.6 is 11.6 Å². The average Bonchev–Trinajstić information content (AvgIpc) is 2.51. The lowest BCUT2D eigenvalue weighted by molar-refractivity contribution is 0.0205. The second-order valence-electron chi connectivity index (χ2n) is 7.85. The number of benzene rings is 1. The van der Waals surface area contributed by atoms with E-state index in [2.05, 4.69) is 31.7 Å². The number of piperidine rings is 1. The highest BCUT2D eigenvalue weighted by molar-refractivity contribution is 6.31. The largest absolute Gasteiger partial charge is 0.444 e. The summed E-state index contributed by atoms with van der Waals surface area (Å²) in [6.45, 7) is 14.5. The van der Waals surface area contributed by atoms with Gasteiger partial charge in [0.25, 0.3) is 0 Å². The van der Waals surface area contributed by atoms with Gasteiger partial charge < -0.3 is 14.5 Å². The van der Waals surface area contributed by atoms with E-state index in [4.69, 9.17) is 16.3 Å². The Labute approximate surface area is 157 Å². The van der Waals surface area contributed by atoms with Crippen molar-refractivity contribution < 1.29 is 9.53 Å². The molecule has 0 spiro atoms. The highest BCUT2D eigenvalue weighted by Crippen LogP contribution is 2.31. The third-order valence-corrected chi connectivity index (χ3v) is 5.03. The Balaban J connectivity index is 2.07. The van der Waals surface area contributed by atoms with Crippen LogP contribution in [0.3, 0.4) is 0 Å². The lowest BCUT2D eigenvalue weighted by Crippen LogP contribution is -2.48. The summed E-state index contributed by atoms with van der Waals surface area (Å²) in [5.41, 5.74) is 3.26. The predicted octanol–water partition coefficient (Wildman–Crippen LogP) is 5.18. The van der Waals surface area contributed by atoms with Gasteiger partial charge in [0.1, 0.15) is 5.60 Å². The molecule has 1 aliphatic rings. The first kappa shape index (κ1) is 19.9. The highest BCUT2D eigenvalue weighted by Gasteiger charge is 2.29. The van der Waals surface area contributed by atoms with Crippen molar-refractivity contribution in [2.75, 3.05) is 24.5 Å². The number of hydrogen-bond donors (Lipinski definition) is 0. The first-order chi connectivity index (χ1) is 11.6. The number of amides is 1. The van der Waals surface area contributed by atoms with E-state index in [-0.39, 0.29) is 6.09 Å². The van der Waals surface area contributed by atoms with Crippen molar-refractivity contribution in [1.29, 1.82) is 0 Å². The number of nitrogens with zero attached hydrogens (tertiary/aromatic N) is 2. The van der Waals surface area contributed by atoms with Gasteiger partial charge in [-0.25, -0.2) is 4.79 Å². The molecule has 0 unspecified atom stereocenters. The van der Waals surface area contributed by atoms with Crippen LogP contribution in [0.2, 0.25) is 5.02 Å². The van der Waals surface area contributed by atoms with Crippen LogP contribution in [-0.2, 0) is 4.74 Å². The van der Waals surface area contributed by atoms with Gasteiger partial charge in [0, 0.05) is 36.4 Å². The number of ether oxygens (including phenoxy) is 1. The fourth-order valence-corrected chi connectivity index (χ4v) is 3.67. The van der Waals surface area contributed by atoms with Gasteiger partial charge in [0.05, 0.1) is 0 Å². The first-order valence-electron chi connectivity index (χ1n) is 9.13. The number of halogens is 1. The van der Waals surface area contributed by atoms with Crippen LogP contribution in [0.4, 0.5) is 10.5 Å². The monoisotopic (exact) mass is 366 g/mol. The minimum absolute atomic E-state index is 0.205. The Morgan fingerprint density at radius 1 is 1.28 bits per heavy atom. The SMILES string of the molecule is CCN(c1cc(Cl)cc(C)c1C)C1CCN(C(=O)OC(C)(C)C)CC1. The van der Waals surface area contributed by atoms with Crippen LogP contribution in [0, 0.1) is 13.8 Å². The number of anilines is 1. The van der Waals surface area contributed by atoms with E-state index >= 15 is 0 Å². The van der Waals surface area contributed by atoms with Gasteiger partial charge in [-0.1, -0.05) is 11.6 Å². The van der Waals surface area contributed by atoms with Crippen LogP contribution in [0.1, 0.15) is 51.7 Å². The van der Waals surface area contributed by atoms with Gasteiger partial charge in [-0.15, -0.1) is 0 Å². The van der Waals surface area contributed by atoms with Gasteiger partial charge in [0.2, 0.25) is 0 Å². The molecule has 1 aliphatic heterocycles. The Bertz CT molecular complexity index is 617. The van der Waals surface area contributed by atoms with E-state index in [1.807, 2.05) is 31.7 Å². The zero-order chi connectivity index (χ0) is 18.8. The molecule has 0 N–H and O–H groups in total. The summed E-state index contributed by atoms with van der Waals surface area (Å²) >= 11 is 6.29. The number of likely N-dealkylation sites (tertiary alicyclic amines) is 1. The molecule has 140 valence electrons. The fraction of sp³-hybridized carbons (Fsp3) is 0.650. The summed E-state index contributed by atoms with van der Waals surface area (Å²) in [5.74, 6) is 0. The smallest absolute Gasteiger partial charge is 0.410 e. The molecule has 25 heavy (non-hydrogen) atoms. The van der Waals surface area contributed by atoms with Gasteiger partial charge >= 0.3 is 6.09 Å². The molecule has 5 heteroatoms. The van der Waals surface area contributed by atoms with Crippen molar-refractivity contribution in [3.05, 3.63) is 28.3 Å². The van der Waals surface area contributed by atoms with E-state index in [1.165, 1.54) is 16.8 Å². The van der Waals surface area contributed by atoms with Crippen LogP contribution < -0.4 is 4.90 Å². The Morgan fingerprint density at radius 3 is 2.40 bits per heavy atom. The molecule has 0 aliphatic carbocycles. The number of rotatable bonds is 3. The standard InChI is InChI=1S/C20H31ClN2O2/c1-7-23(18-13-16(21)12-14(2)15(18)3)17-8-10-22(11-9-17)19(24)25-20(4,5)6/h12-13,17H,7-11H2,1-6H3. The van der Waals surface area contributed by atoms with Gasteiger partial charge in [-0.3, -0.25) is 0 Å². The molecule has 0 bridgehead atoms. The molecule has 4 nitrogen and oxygen atoms in total. The molecule has 0 saturated carbocycles. The molecule has 1 heterocycles. The normalized spacial score (nSPS) is 16.0. The second-order valence-corrected chi connectivity index (χ2v) is 8.29. The molecule has 1 aromatic rings. The van der Waals surface area contributed by atoms with Crippen LogP contribution in [0.25, 0.3) is 0 Å². The van der Waals surface area contributed by atoms with Crippen LogP contribution in [-0.4, -0.2) is 42.3 Å². The number of aryl methyl sites for hydroxylation is 1. The summed E-state index contributed by atoms with van der Waals surface area (Å²) in [6.07, 6.45) is 1.68. The predicted molar refractivity (Wildman–Crippen MR) is 105 cm³/mol. The van der Waals surface area contributed by atoms with Crippen molar-refractivity contribution >= 4 is 23.4 Å². The fourth-order valence-electron chi connectivity index (χ4n) is 3.41. The Hall–Kier alpha value is -1.42. The van der Waals surface area contributed by atoms with Crippen molar-refractivity contribution in [1.82, 2.24) is 4.90 Å². The van der Waals surface area contributed by atoms with E-state index < -0.39 is 5.60 Å². The zero-order valence-corrected chi connectivity index (χ0v) is 17.1. The quantitative estimate of drug-likeness (QED) is 0.738. The lowest BCUT2D eigenvalue weighted by Gasteiger charge is -2.40. The van der Waals surface area contributed by atoms with Crippen molar-refractivity contribution in [3.63, 3.8) is 0 Å². The maximum atomic E-state index is 12.2. The molecule has 1 fully saturated rings. The summed E-state index contributed by atoms with van der Waals surface area (Å²) in [5, 5.41) is 0.780. The van der Waals surface area contributed by atoms with Crippen LogP contribution in [0.15, 0.2) is 12.1 Å². The summed E-state index contributed by atoms with van der Waals surface area (Å²) < 4.78 is 5.49. The van der Waals surface area contributed by atoms with Crippen LogP contribution in [0.5, 0.6) is 0 Å². The first-order valence-corrected chi connectivity index (χ1v) is 9.51. The molecular formula is C20H31ClN2O2.